The molecule has 3 aromatic rings. The van der Waals surface area contributed by atoms with Gasteiger partial charge >= 0.3 is 0 Å². The molecular weight excluding hydrogens is 386 g/mol. The minimum absolute atomic E-state index is 0.0520. The van der Waals surface area contributed by atoms with Crippen LogP contribution in [0, 0.1) is 6.92 Å². The van der Waals surface area contributed by atoms with E-state index in [1.54, 1.807) is 36.4 Å². The Morgan fingerprint density at radius 1 is 1.04 bits per heavy atom. The van der Waals surface area contributed by atoms with Crippen LogP contribution in [0.3, 0.4) is 0 Å². The molecule has 27 heavy (non-hydrogen) atoms. The molecule has 0 spiro atoms. The molecule has 1 aromatic heterocycles. The predicted octanol–water partition coefficient (Wildman–Crippen LogP) is 4.15. The number of carbonyl (C=O) groups excluding carboxylic acids is 1. The van der Waals surface area contributed by atoms with Crippen LogP contribution in [0.5, 0.6) is 0 Å². The van der Waals surface area contributed by atoms with Gasteiger partial charge in [0.2, 0.25) is 0 Å². The van der Waals surface area contributed by atoms with Gasteiger partial charge in [0, 0.05) is 11.6 Å². The first-order valence-corrected chi connectivity index (χ1v) is 10.3. The van der Waals surface area contributed by atoms with Crippen LogP contribution in [0.2, 0.25) is 5.02 Å². The third-order valence-corrected chi connectivity index (χ3v) is 6.02. The molecule has 0 bridgehead atoms. The minimum atomic E-state index is -3.55. The Morgan fingerprint density at radius 3 is 2.44 bits per heavy atom. The summed E-state index contributed by atoms with van der Waals surface area (Å²) in [5.74, 6) is -0.489. The third-order valence-electron chi connectivity index (χ3n) is 4.00. The van der Waals surface area contributed by atoms with E-state index in [2.05, 4.69) is 5.32 Å². The topological polar surface area (TPSA) is 76.4 Å². The molecule has 1 amide bonds. The SMILES string of the molecule is Cc1ccc(S(=O)(=O)Cc2ccc(C(=O)NCc3ccccc3Cl)o2)cc1. The molecule has 0 saturated heterocycles. The maximum Gasteiger partial charge on any atom is 0.287 e. The van der Waals surface area contributed by atoms with Gasteiger partial charge in [-0.05, 0) is 42.8 Å². The van der Waals surface area contributed by atoms with Gasteiger partial charge in [0.1, 0.15) is 11.5 Å². The lowest BCUT2D eigenvalue weighted by Crippen LogP contribution is -2.22. The van der Waals surface area contributed by atoms with Crippen molar-refractivity contribution >= 4 is 27.3 Å². The fraction of sp³-hybridized carbons (Fsp3) is 0.150. The molecule has 7 heteroatoms. The third kappa shape index (κ3) is 4.78. The summed E-state index contributed by atoms with van der Waals surface area (Å²) >= 11 is 6.06. The van der Waals surface area contributed by atoms with Gasteiger partial charge in [0.15, 0.2) is 15.6 Å². The zero-order chi connectivity index (χ0) is 19.4. The van der Waals surface area contributed by atoms with Crippen LogP contribution in [0.25, 0.3) is 0 Å². The fourth-order valence-electron chi connectivity index (χ4n) is 2.50. The second-order valence-corrected chi connectivity index (χ2v) is 8.51. The number of carbonyl (C=O) groups is 1. The van der Waals surface area contributed by atoms with E-state index in [1.807, 2.05) is 19.1 Å². The molecule has 3 rings (SSSR count). The molecule has 0 atom stereocenters. The molecule has 0 aliphatic carbocycles. The second-order valence-electron chi connectivity index (χ2n) is 6.11. The van der Waals surface area contributed by atoms with Gasteiger partial charge < -0.3 is 9.73 Å². The lowest BCUT2D eigenvalue weighted by atomic mass is 10.2. The fourth-order valence-corrected chi connectivity index (χ4v) is 3.95. The molecule has 0 saturated carbocycles. The molecule has 5 nitrogen and oxygen atoms in total. The van der Waals surface area contributed by atoms with E-state index in [1.165, 1.54) is 12.1 Å². The Kier molecular flexibility index (Phi) is 5.68. The Hall–Kier alpha value is -2.57. The van der Waals surface area contributed by atoms with E-state index in [9.17, 15) is 13.2 Å². The molecular formula is C20H18ClNO4S. The summed E-state index contributed by atoms with van der Waals surface area (Å²) in [7, 11) is -3.55. The number of benzene rings is 2. The van der Waals surface area contributed by atoms with Crippen LogP contribution < -0.4 is 5.32 Å². The van der Waals surface area contributed by atoms with Crippen LogP contribution >= 0.6 is 11.6 Å². The van der Waals surface area contributed by atoms with Crippen molar-refractivity contribution in [2.75, 3.05) is 0 Å². The van der Waals surface area contributed by atoms with Crippen LogP contribution in [-0.2, 0) is 22.1 Å². The monoisotopic (exact) mass is 403 g/mol. The average Bonchev–Trinajstić information content (AvgIpc) is 3.09. The molecule has 1 N–H and O–H groups in total. The second kappa shape index (κ2) is 7.98. The highest BCUT2D eigenvalue weighted by Gasteiger charge is 2.19. The van der Waals surface area contributed by atoms with Gasteiger partial charge in [-0.25, -0.2) is 8.42 Å². The van der Waals surface area contributed by atoms with E-state index in [-0.39, 0.29) is 28.7 Å². The summed E-state index contributed by atoms with van der Waals surface area (Å²) in [5.41, 5.74) is 1.76. The number of hydrogen-bond acceptors (Lipinski definition) is 4. The van der Waals surface area contributed by atoms with E-state index >= 15 is 0 Å². The maximum absolute atomic E-state index is 12.5. The van der Waals surface area contributed by atoms with Gasteiger partial charge in [-0.3, -0.25) is 4.79 Å². The predicted molar refractivity (Wildman–Crippen MR) is 103 cm³/mol. The lowest BCUT2D eigenvalue weighted by Gasteiger charge is -2.05. The summed E-state index contributed by atoms with van der Waals surface area (Å²) in [6.07, 6.45) is 0. The molecule has 0 unspecified atom stereocenters. The van der Waals surface area contributed by atoms with Crippen molar-refractivity contribution in [2.45, 2.75) is 24.1 Å². The van der Waals surface area contributed by atoms with Crippen molar-refractivity contribution in [1.29, 1.82) is 0 Å². The van der Waals surface area contributed by atoms with Crippen LogP contribution in [0.1, 0.15) is 27.4 Å². The van der Waals surface area contributed by atoms with E-state index in [0.29, 0.717) is 5.02 Å². The van der Waals surface area contributed by atoms with Crippen LogP contribution in [0.15, 0.2) is 70.0 Å². The Balaban J connectivity index is 1.66. The first kappa shape index (κ1) is 19.2. The lowest BCUT2D eigenvalue weighted by molar-refractivity contribution is 0.0921. The van der Waals surface area contributed by atoms with Gasteiger partial charge in [-0.1, -0.05) is 47.5 Å². The Morgan fingerprint density at radius 2 is 1.74 bits per heavy atom. The standard InChI is InChI=1S/C20H18ClNO4S/c1-14-6-9-17(10-7-14)27(24,25)13-16-8-11-19(26-16)20(23)22-12-15-4-2-3-5-18(15)21/h2-11H,12-13H2,1H3,(H,22,23). The smallest absolute Gasteiger partial charge is 0.287 e. The summed E-state index contributed by atoms with van der Waals surface area (Å²) < 4.78 is 30.4. The molecule has 2 aromatic carbocycles. The first-order valence-electron chi connectivity index (χ1n) is 8.25. The number of sulfone groups is 1. The molecule has 0 radical (unpaired) electrons. The van der Waals surface area contributed by atoms with Crippen molar-refractivity contribution in [2.24, 2.45) is 0 Å². The quantitative estimate of drug-likeness (QED) is 0.670. The van der Waals surface area contributed by atoms with Gasteiger partial charge in [0.05, 0.1) is 4.90 Å². The Bertz CT molecular complexity index is 1060. The van der Waals surface area contributed by atoms with Crippen LogP contribution in [-0.4, -0.2) is 14.3 Å². The molecule has 0 aliphatic heterocycles. The number of hydrogen-bond donors (Lipinski definition) is 1. The zero-order valence-electron chi connectivity index (χ0n) is 14.6. The Labute approximate surface area is 162 Å². The molecule has 1 heterocycles. The number of amides is 1. The van der Waals surface area contributed by atoms with Crippen molar-refractivity contribution in [3.05, 3.63) is 88.3 Å². The van der Waals surface area contributed by atoms with E-state index < -0.39 is 15.7 Å². The molecule has 0 fully saturated rings. The highest BCUT2D eigenvalue weighted by molar-refractivity contribution is 7.90. The van der Waals surface area contributed by atoms with Gasteiger partial charge in [-0.2, -0.15) is 0 Å². The zero-order valence-corrected chi connectivity index (χ0v) is 16.2. The van der Waals surface area contributed by atoms with Gasteiger partial charge in [0.25, 0.3) is 5.91 Å². The summed E-state index contributed by atoms with van der Waals surface area (Å²) in [6.45, 7) is 2.13. The first-order chi connectivity index (χ1) is 12.8. The largest absolute Gasteiger partial charge is 0.455 e. The number of furan rings is 1. The van der Waals surface area contributed by atoms with Crippen LogP contribution in [0.4, 0.5) is 0 Å². The van der Waals surface area contributed by atoms with Crippen molar-refractivity contribution < 1.29 is 17.6 Å². The number of halogens is 1. The van der Waals surface area contributed by atoms with Crippen molar-refractivity contribution in [3.8, 4) is 0 Å². The highest BCUT2D eigenvalue weighted by atomic mass is 35.5. The van der Waals surface area contributed by atoms with Crippen molar-refractivity contribution in [1.82, 2.24) is 5.32 Å². The number of nitrogens with one attached hydrogen (secondary N) is 1. The molecule has 140 valence electrons. The minimum Gasteiger partial charge on any atom is -0.455 e. The van der Waals surface area contributed by atoms with Gasteiger partial charge in [-0.15, -0.1) is 0 Å². The summed E-state index contributed by atoms with van der Waals surface area (Å²) in [5, 5.41) is 3.26. The average molecular weight is 404 g/mol. The number of rotatable bonds is 6. The van der Waals surface area contributed by atoms with E-state index in [0.717, 1.165) is 11.1 Å². The number of aryl methyl sites for hydroxylation is 1. The van der Waals surface area contributed by atoms with Crippen molar-refractivity contribution in [3.63, 3.8) is 0 Å². The summed E-state index contributed by atoms with van der Waals surface area (Å²) in [6, 6.07) is 16.7. The normalized spacial score (nSPS) is 11.3. The molecule has 0 aliphatic rings. The summed E-state index contributed by atoms with van der Waals surface area (Å²) in [4.78, 5) is 12.4. The maximum atomic E-state index is 12.5. The highest BCUT2D eigenvalue weighted by Crippen LogP contribution is 2.19. The van der Waals surface area contributed by atoms with E-state index in [4.69, 9.17) is 16.0 Å².